The second-order valence-corrected chi connectivity index (χ2v) is 9.44. The Morgan fingerprint density at radius 1 is 1.11 bits per heavy atom. The third kappa shape index (κ3) is 5.36. The van der Waals surface area contributed by atoms with Crippen LogP contribution in [-0.4, -0.2) is 65.4 Å². The van der Waals surface area contributed by atoms with Crippen molar-refractivity contribution in [1.29, 1.82) is 0 Å². The molecule has 2 aliphatic heterocycles. The van der Waals surface area contributed by atoms with Gasteiger partial charge in [-0.3, -0.25) is 9.69 Å². The van der Waals surface area contributed by atoms with Gasteiger partial charge in [-0.2, -0.15) is 0 Å². The predicted molar refractivity (Wildman–Crippen MR) is 133 cm³/mol. The lowest BCUT2D eigenvalue weighted by Crippen LogP contribution is -2.71. The lowest BCUT2D eigenvalue weighted by molar-refractivity contribution is -0.127. The number of nitrogens with one attached hydrogen (secondary N) is 2. The Labute approximate surface area is 204 Å². The van der Waals surface area contributed by atoms with Crippen molar-refractivity contribution in [3.05, 3.63) is 65.7 Å². The summed E-state index contributed by atoms with van der Waals surface area (Å²) < 4.78 is 5.86. The van der Waals surface area contributed by atoms with Crippen LogP contribution < -0.4 is 21.1 Å². The van der Waals surface area contributed by atoms with Crippen molar-refractivity contribution < 1.29 is 14.6 Å². The molecular formula is C26H30N6O3. The van der Waals surface area contributed by atoms with Crippen molar-refractivity contribution in [2.45, 2.75) is 13.0 Å². The number of benzene rings is 2. The van der Waals surface area contributed by atoms with E-state index < -0.39 is 0 Å². The first kappa shape index (κ1) is 23.1. The number of nitrogens with two attached hydrogens (primary N) is 1. The topological polar surface area (TPSA) is 126 Å². The number of carbonyl (C=O) groups excluding carboxylic acids is 1. The van der Waals surface area contributed by atoms with Gasteiger partial charge in [0.25, 0.3) is 0 Å². The molecule has 1 aromatic heterocycles. The van der Waals surface area contributed by atoms with E-state index in [2.05, 4.69) is 25.7 Å². The first-order valence-electron chi connectivity index (χ1n) is 11.8. The summed E-state index contributed by atoms with van der Waals surface area (Å²) in [6.07, 6.45) is 0.686. The summed E-state index contributed by atoms with van der Waals surface area (Å²) >= 11 is 0. The van der Waals surface area contributed by atoms with Gasteiger partial charge in [0.2, 0.25) is 5.91 Å². The maximum Gasteiger partial charge on any atom is 0.234 e. The highest BCUT2D eigenvalue weighted by Crippen LogP contribution is 2.33. The minimum Gasteiger partial charge on any atom is -0.507 e. The molecule has 35 heavy (non-hydrogen) atoms. The number of nitrogens with zero attached hydrogens (tertiary/aromatic N) is 3. The molecule has 3 heterocycles. The quantitative estimate of drug-likeness (QED) is 0.368. The van der Waals surface area contributed by atoms with Gasteiger partial charge in [0.15, 0.2) is 11.6 Å². The van der Waals surface area contributed by atoms with Crippen LogP contribution in [0.1, 0.15) is 11.1 Å². The largest absolute Gasteiger partial charge is 0.507 e. The third-order valence-corrected chi connectivity index (χ3v) is 6.61. The predicted octanol–water partition coefficient (Wildman–Crippen LogP) is 1.57. The third-order valence-electron chi connectivity index (χ3n) is 6.61. The van der Waals surface area contributed by atoms with Crippen LogP contribution in [0.2, 0.25) is 0 Å². The number of anilines is 1. The second kappa shape index (κ2) is 9.89. The number of ether oxygens (including phenoxy) is 1. The molecule has 9 nitrogen and oxygen atoms in total. The molecule has 182 valence electrons. The van der Waals surface area contributed by atoms with E-state index in [4.69, 9.17) is 10.5 Å². The number of amides is 1. The van der Waals surface area contributed by atoms with Gasteiger partial charge in [-0.25, -0.2) is 0 Å². The smallest absolute Gasteiger partial charge is 0.234 e. The average molecular weight is 475 g/mol. The van der Waals surface area contributed by atoms with Gasteiger partial charge in [-0.05, 0) is 23.3 Å². The highest BCUT2D eigenvalue weighted by atomic mass is 16.5. The van der Waals surface area contributed by atoms with Gasteiger partial charge in [0.1, 0.15) is 11.4 Å². The van der Waals surface area contributed by atoms with Crippen molar-refractivity contribution in [2.24, 2.45) is 5.41 Å². The zero-order valence-electron chi connectivity index (χ0n) is 19.5. The Morgan fingerprint density at radius 3 is 2.57 bits per heavy atom. The summed E-state index contributed by atoms with van der Waals surface area (Å²) in [6.45, 7) is 5.59. The average Bonchev–Trinajstić information content (AvgIpc) is 2.81. The number of likely N-dealkylation sites (tertiary alicyclic amines) is 1. The zero-order valence-corrected chi connectivity index (χ0v) is 19.5. The Balaban J connectivity index is 1.07. The number of hydrogen-bond donors (Lipinski definition) is 4. The molecule has 5 N–H and O–H groups in total. The van der Waals surface area contributed by atoms with Crippen LogP contribution in [0.4, 0.5) is 5.82 Å². The monoisotopic (exact) mass is 474 g/mol. The van der Waals surface area contributed by atoms with Crippen LogP contribution >= 0.6 is 0 Å². The molecule has 0 bridgehead atoms. The van der Waals surface area contributed by atoms with Crippen LogP contribution in [-0.2, 0) is 17.8 Å². The van der Waals surface area contributed by atoms with Crippen molar-refractivity contribution in [3.63, 3.8) is 0 Å². The molecule has 0 aliphatic carbocycles. The normalized spacial score (nSPS) is 16.3. The van der Waals surface area contributed by atoms with Gasteiger partial charge in [-0.15, -0.1) is 10.2 Å². The maximum atomic E-state index is 12.2. The number of nitrogen functional groups attached to an aromatic ring is 1. The minimum atomic E-state index is 0.0661. The minimum absolute atomic E-state index is 0.0661. The maximum absolute atomic E-state index is 12.2. The van der Waals surface area contributed by atoms with E-state index in [1.807, 2.05) is 30.3 Å². The van der Waals surface area contributed by atoms with Crippen LogP contribution in [0.25, 0.3) is 11.3 Å². The fourth-order valence-electron chi connectivity index (χ4n) is 4.60. The van der Waals surface area contributed by atoms with Crippen molar-refractivity contribution in [1.82, 2.24) is 25.7 Å². The Hall–Kier alpha value is -3.69. The molecule has 3 aromatic rings. The molecule has 2 saturated heterocycles. The van der Waals surface area contributed by atoms with E-state index in [1.54, 1.807) is 24.3 Å². The van der Waals surface area contributed by atoms with Crippen LogP contribution in [0.5, 0.6) is 11.5 Å². The number of phenolic OH excluding ortho intramolecular Hbond substituents is 1. The van der Waals surface area contributed by atoms with Crippen LogP contribution in [0, 0.1) is 5.41 Å². The molecule has 2 aliphatic rings. The number of phenols is 1. The van der Waals surface area contributed by atoms with Crippen LogP contribution in [0.15, 0.2) is 54.6 Å². The van der Waals surface area contributed by atoms with Gasteiger partial charge in [0, 0.05) is 56.2 Å². The summed E-state index contributed by atoms with van der Waals surface area (Å²) in [4.78, 5) is 14.4. The van der Waals surface area contributed by atoms with Gasteiger partial charge in [-0.1, -0.05) is 36.4 Å². The highest BCUT2D eigenvalue weighted by molar-refractivity contribution is 5.78. The van der Waals surface area contributed by atoms with Gasteiger partial charge < -0.3 is 26.2 Å². The van der Waals surface area contributed by atoms with Crippen molar-refractivity contribution in [3.8, 4) is 22.8 Å². The van der Waals surface area contributed by atoms with E-state index >= 15 is 0 Å². The molecule has 2 aromatic carbocycles. The summed E-state index contributed by atoms with van der Waals surface area (Å²) in [6, 6.07) is 16.7. The number of aromatic nitrogens is 2. The lowest BCUT2D eigenvalue weighted by atomic mass is 9.74. The van der Waals surface area contributed by atoms with Crippen molar-refractivity contribution in [2.75, 3.05) is 45.1 Å². The Morgan fingerprint density at radius 2 is 1.86 bits per heavy atom. The molecule has 1 amide bonds. The first-order chi connectivity index (χ1) is 17.0. The SMILES string of the molecule is Nc1nnc(-c2ccccc2O)cc1OCCc1ccc(CNC(=O)CN2CC3(CNC3)C2)cc1. The molecule has 9 heteroatoms. The first-order valence-corrected chi connectivity index (χ1v) is 11.8. The summed E-state index contributed by atoms with van der Waals surface area (Å²) in [5, 5.41) is 24.4. The molecule has 0 radical (unpaired) electrons. The van der Waals surface area contributed by atoms with E-state index in [-0.39, 0.29) is 17.5 Å². The summed E-state index contributed by atoms with van der Waals surface area (Å²) in [7, 11) is 0. The molecule has 0 unspecified atom stereocenters. The summed E-state index contributed by atoms with van der Waals surface area (Å²) in [5.41, 5.74) is 9.59. The van der Waals surface area contributed by atoms with E-state index in [1.165, 1.54) is 0 Å². The fourth-order valence-corrected chi connectivity index (χ4v) is 4.60. The molecule has 0 saturated carbocycles. The number of carbonyl (C=O) groups is 1. The highest BCUT2D eigenvalue weighted by Gasteiger charge is 2.47. The number of hydrogen-bond acceptors (Lipinski definition) is 8. The molecule has 1 spiro atoms. The van der Waals surface area contributed by atoms with Crippen molar-refractivity contribution >= 4 is 11.7 Å². The Kier molecular flexibility index (Phi) is 6.52. The second-order valence-electron chi connectivity index (χ2n) is 9.44. The van der Waals surface area contributed by atoms with Crippen LogP contribution in [0.3, 0.4) is 0 Å². The molecule has 2 fully saturated rings. The number of aromatic hydroxyl groups is 1. The van der Waals surface area contributed by atoms with Gasteiger partial charge >= 0.3 is 0 Å². The summed E-state index contributed by atoms with van der Waals surface area (Å²) in [5.74, 6) is 0.817. The van der Waals surface area contributed by atoms with E-state index in [0.29, 0.717) is 48.5 Å². The van der Waals surface area contributed by atoms with Gasteiger partial charge in [0.05, 0.1) is 13.2 Å². The Bertz CT molecular complexity index is 1190. The molecule has 5 rings (SSSR count). The van der Waals surface area contributed by atoms with E-state index in [9.17, 15) is 9.90 Å². The van der Waals surface area contributed by atoms with E-state index in [0.717, 1.165) is 37.3 Å². The number of rotatable bonds is 9. The molecule has 0 atom stereocenters. The number of para-hydroxylation sites is 1. The zero-order chi connectivity index (χ0) is 24.3. The standard InChI is InChI=1S/C26H30N6O3/c27-25-23(11-21(30-31-25)20-3-1-2-4-22(20)33)35-10-9-18-5-7-19(8-6-18)12-29-24(34)13-32-16-26(17-32)14-28-15-26/h1-8,11,28,33H,9-10,12-17H2,(H2,27,31)(H,29,34). The molecular weight excluding hydrogens is 444 g/mol. The fraction of sp³-hybridized carbons (Fsp3) is 0.346. The lowest BCUT2D eigenvalue weighted by Gasteiger charge is -2.56.